The molecule has 0 aliphatic carbocycles. The van der Waals surface area contributed by atoms with E-state index in [1.165, 1.54) is 0 Å². The fourth-order valence-corrected chi connectivity index (χ4v) is 0.451. The molecule has 64 valence electrons. The number of carbonyl (C=O) groups excluding carboxylic acids is 1. The average Bonchev–Trinajstić information content (AvgIpc) is 1.87. The average molecular weight is 157 g/mol. The smallest absolute Gasteiger partial charge is 0.246 e. The second-order valence-electron chi connectivity index (χ2n) is 2.78. The van der Waals surface area contributed by atoms with E-state index in [0.29, 0.717) is 5.57 Å². The molecule has 2 atom stereocenters. The van der Waals surface area contributed by atoms with Gasteiger partial charge in [0.2, 0.25) is 5.91 Å². The summed E-state index contributed by atoms with van der Waals surface area (Å²) in [7, 11) is 0. The van der Waals surface area contributed by atoms with Gasteiger partial charge in [-0.1, -0.05) is 6.58 Å². The van der Waals surface area contributed by atoms with Crippen molar-refractivity contribution >= 4 is 5.91 Å². The van der Waals surface area contributed by atoms with Crippen molar-refractivity contribution in [3.63, 3.8) is 0 Å². The fraction of sp³-hybridized carbons (Fsp3) is 0.625. The maximum Gasteiger partial charge on any atom is 0.246 e. The summed E-state index contributed by atoms with van der Waals surface area (Å²) in [5.41, 5.74) is 0.456. The number of aliphatic hydroxyl groups is 1. The third-order valence-electron chi connectivity index (χ3n) is 1.47. The standard InChI is InChI=1S/C8H15NO2/c1-5(2)8(11)9-6(3)7(4)10/h6-7,10H,1H2,2-4H3,(H,9,11). The molecule has 3 nitrogen and oxygen atoms in total. The van der Waals surface area contributed by atoms with Crippen LogP contribution < -0.4 is 5.32 Å². The van der Waals surface area contributed by atoms with Gasteiger partial charge in [0, 0.05) is 5.57 Å². The molecule has 0 saturated carbocycles. The molecule has 0 aromatic heterocycles. The molecule has 3 heteroatoms. The minimum Gasteiger partial charge on any atom is -0.391 e. The topological polar surface area (TPSA) is 49.3 Å². The molecule has 1 amide bonds. The van der Waals surface area contributed by atoms with Gasteiger partial charge >= 0.3 is 0 Å². The molecule has 0 aromatic rings. The van der Waals surface area contributed by atoms with Crippen molar-refractivity contribution in [2.75, 3.05) is 0 Å². The molecular weight excluding hydrogens is 142 g/mol. The zero-order chi connectivity index (χ0) is 9.02. The minimum absolute atomic E-state index is 0.210. The lowest BCUT2D eigenvalue weighted by Crippen LogP contribution is -2.39. The van der Waals surface area contributed by atoms with E-state index < -0.39 is 6.10 Å². The number of amides is 1. The Kier molecular flexibility index (Phi) is 3.82. The first-order chi connectivity index (χ1) is 4.95. The van der Waals surface area contributed by atoms with Gasteiger partial charge in [-0.05, 0) is 20.8 Å². The van der Waals surface area contributed by atoms with E-state index in [1.54, 1.807) is 20.8 Å². The summed E-state index contributed by atoms with van der Waals surface area (Å²) in [4.78, 5) is 10.9. The molecule has 0 radical (unpaired) electrons. The molecule has 0 rings (SSSR count). The molecule has 0 bridgehead atoms. The number of nitrogens with one attached hydrogen (secondary N) is 1. The lowest BCUT2D eigenvalue weighted by molar-refractivity contribution is -0.118. The number of hydrogen-bond acceptors (Lipinski definition) is 2. The molecule has 0 spiro atoms. The van der Waals surface area contributed by atoms with Crippen molar-refractivity contribution < 1.29 is 9.90 Å². The predicted molar refractivity (Wildman–Crippen MR) is 44.1 cm³/mol. The second-order valence-corrected chi connectivity index (χ2v) is 2.78. The normalized spacial score (nSPS) is 15.3. The van der Waals surface area contributed by atoms with E-state index in [0.717, 1.165) is 0 Å². The fourth-order valence-electron chi connectivity index (χ4n) is 0.451. The summed E-state index contributed by atoms with van der Waals surface area (Å²) in [5, 5.41) is 11.6. The Morgan fingerprint density at radius 3 is 2.27 bits per heavy atom. The number of carbonyl (C=O) groups is 1. The zero-order valence-corrected chi connectivity index (χ0v) is 7.22. The first-order valence-electron chi connectivity index (χ1n) is 3.59. The van der Waals surface area contributed by atoms with Gasteiger partial charge in [-0.15, -0.1) is 0 Å². The van der Waals surface area contributed by atoms with Crippen LogP contribution in [0.15, 0.2) is 12.2 Å². The van der Waals surface area contributed by atoms with Crippen LogP contribution in [0.3, 0.4) is 0 Å². The van der Waals surface area contributed by atoms with Crippen molar-refractivity contribution in [3.8, 4) is 0 Å². The van der Waals surface area contributed by atoms with Crippen molar-refractivity contribution in [1.82, 2.24) is 5.32 Å². The van der Waals surface area contributed by atoms with E-state index in [2.05, 4.69) is 11.9 Å². The highest BCUT2D eigenvalue weighted by Crippen LogP contribution is 1.93. The molecule has 2 unspecified atom stereocenters. The van der Waals surface area contributed by atoms with Crippen LogP contribution in [0, 0.1) is 0 Å². The van der Waals surface area contributed by atoms with Crippen LogP contribution in [-0.2, 0) is 4.79 Å². The van der Waals surface area contributed by atoms with Crippen LogP contribution in [0.4, 0.5) is 0 Å². The maximum atomic E-state index is 10.9. The Labute approximate surface area is 67.1 Å². The van der Waals surface area contributed by atoms with Crippen LogP contribution in [0.1, 0.15) is 20.8 Å². The summed E-state index contributed by atoms with van der Waals surface area (Å²) in [6.07, 6.45) is -0.529. The van der Waals surface area contributed by atoms with Gasteiger partial charge in [0.05, 0.1) is 12.1 Å². The highest BCUT2D eigenvalue weighted by Gasteiger charge is 2.11. The Morgan fingerprint density at radius 1 is 1.55 bits per heavy atom. The SMILES string of the molecule is C=C(C)C(=O)NC(C)C(C)O. The van der Waals surface area contributed by atoms with E-state index >= 15 is 0 Å². The maximum absolute atomic E-state index is 10.9. The number of rotatable bonds is 3. The van der Waals surface area contributed by atoms with Gasteiger partial charge < -0.3 is 10.4 Å². The van der Waals surface area contributed by atoms with Crippen molar-refractivity contribution in [3.05, 3.63) is 12.2 Å². The molecule has 0 aliphatic heterocycles. The second kappa shape index (κ2) is 4.13. The summed E-state index contributed by atoms with van der Waals surface area (Å²) in [6, 6.07) is -0.223. The van der Waals surface area contributed by atoms with Gasteiger partial charge in [0.25, 0.3) is 0 Å². The van der Waals surface area contributed by atoms with Crippen molar-refractivity contribution in [2.45, 2.75) is 32.9 Å². The number of aliphatic hydroxyl groups excluding tert-OH is 1. The minimum atomic E-state index is -0.529. The molecular formula is C8H15NO2. The van der Waals surface area contributed by atoms with Crippen LogP contribution in [0.5, 0.6) is 0 Å². The quantitative estimate of drug-likeness (QED) is 0.584. The van der Waals surface area contributed by atoms with Crippen molar-refractivity contribution in [1.29, 1.82) is 0 Å². The lowest BCUT2D eigenvalue weighted by Gasteiger charge is -2.16. The molecule has 0 aliphatic rings. The highest BCUT2D eigenvalue weighted by atomic mass is 16.3. The summed E-state index contributed by atoms with van der Waals surface area (Å²) < 4.78 is 0. The lowest BCUT2D eigenvalue weighted by atomic mass is 10.2. The van der Waals surface area contributed by atoms with E-state index in [-0.39, 0.29) is 11.9 Å². The summed E-state index contributed by atoms with van der Waals surface area (Å²) >= 11 is 0. The third-order valence-corrected chi connectivity index (χ3v) is 1.47. The Balaban J connectivity index is 3.85. The van der Waals surface area contributed by atoms with Crippen LogP contribution in [0.25, 0.3) is 0 Å². The summed E-state index contributed by atoms with van der Waals surface area (Å²) in [6.45, 7) is 8.47. The monoisotopic (exact) mass is 157 g/mol. The Bertz CT molecular complexity index is 163. The molecule has 11 heavy (non-hydrogen) atoms. The van der Waals surface area contributed by atoms with Crippen molar-refractivity contribution in [2.24, 2.45) is 0 Å². The van der Waals surface area contributed by atoms with Gasteiger partial charge in [0.15, 0.2) is 0 Å². The predicted octanol–water partition coefficient (Wildman–Crippen LogP) is 0.448. The van der Waals surface area contributed by atoms with Gasteiger partial charge in [-0.25, -0.2) is 0 Å². The highest BCUT2D eigenvalue weighted by molar-refractivity contribution is 5.92. The Hall–Kier alpha value is -0.830. The van der Waals surface area contributed by atoms with Crippen LogP contribution in [0.2, 0.25) is 0 Å². The first-order valence-corrected chi connectivity index (χ1v) is 3.59. The van der Waals surface area contributed by atoms with Gasteiger partial charge in [-0.2, -0.15) is 0 Å². The molecule has 0 heterocycles. The van der Waals surface area contributed by atoms with Gasteiger partial charge in [-0.3, -0.25) is 4.79 Å². The molecule has 0 saturated heterocycles. The molecule has 0 aromatic carbocycles. The molecule has 0 fully saturated rings. The third kappa shape index (κ3) is 3.78. The van der Waals surface area contributed by atoms with E-state index in [1.807, 2.05) is 0 Å². The number of hydrogen-bond donors (Lipinski definition) is 2. The van der Waals surface area contributed by atoms with E-state index in [9.17, 15) is 4.79 Å². The zero-order valence-electron chi connectivity index (χ0n) is 7.22. The van der Waals surface area contributed by atoms with E-state index in [4.69, 9.17) is 5.11 Å². The summed E-state index contributed by atoms with van der Waals surface area (Å²) in [5.74, 6) is -0.210. The van der Waals surface area contributed by atoms with Gasteiger partial charge in [0.1, 0.15) is 0 Å². The first kappa shape index (κ1) is 10.2. The van der Waals surface area contributed by atoms with Crippen LogP contribution in [-0.4, -0.2) is 23.2 Å². The van der Waals surface area contributed by atoms with Crippen LogP contribution >= 0.6 is 0 Å². The molecule has 2 N–H and O–H groups in total. The Morgan fingerprint density at radius 2 is 2.00 bits per heavy atom. The largest absolute Gasteiger partial charge is 0.391 e.